The van der Waals surface area contributed by atoms with Crippen LogP contribution in [0, 0.1) is 5.82 Å². The number of piperidine rings is 1. The Bertz CT molecular complexity index is 552. The Labute approximate surface area is 123 Å². The van der Waals surface area contributed by atoms with Gasteiger partial charge in [-0.1, -0.05) is 12.1 Å². The number of benzene rings is 1. The van der Waals surface area contributed by atoms with Gasteiger partial charge in [0.15, 0.2) is 11.6 Å². The second-order valence-corrected chi connectivity index (χ2v) is 5.69. The lowest BCUT2D eigenvalue weighted by Gasteiger charge is -2.35. The summed E-state index contributed by atoms with van der Waals surface area (Å²) in [6, 6.07) is 5.57. The highest BCUT2D eigenvalue weighted by molar-refractivity contribution is 5.77. The number of carbonyl (C=O) groups excluding carboxylic acids is 1. The number of fused-ring (bicyclic) bond motifs is 1. The summed E-state index contributed by atoms with van der Waals surface area (Å²) in [5.74, 6) is -0.0222. The number of carbonyl (C=O) groups is 1. The van der Waals surface area contributed by atoms with Gasteiger partial charge in [0.25, 0.3) is 0 Å². The molecule has 2 saturated heterocycles. The van der Waals surface area contributed by atoms with E-state index in [1.54, 1.807) is 23.1 Å². The van der Waals surface area contributed by atoms with E-state index in [0.717, 1.165) is 19.5 Å². The maximum absolute atomic E-state index is 14.2. The van der Waals surface area contributed by atoms with E-state index < -0.39 is 0 Å². The molecule has 2 aliphatic heterocycles. The van der Waals surface area contributed by atoms with E-state index in [1.807, 2.05) is 7.05 Å². The van der Waals surface area contributed by atoms with Gasteiger partial charge in [-0.2, -0.15) is 0 Å². The van der Waals surface area contributed by atoms with Crippen LogP contribution in [0.15, 0.2) is 18.2 Å². The summed E-state index contributed by atoms with van der Waals surface area (Å²) >= 11 is 0. The Hall–Kier alpha value is -1.82. The smallest absolute Gasteiger partial charge is 0.317 e. The molecule has 2 amide bonds. The van der Waals surface area contributed by atoms with Crippen LogP contribution in [-0.4, -0.2) is 55.2 Å². The van der Waals surface area contributed by atoms with Gasteiger partial charge in [0.05, 0.1) is 19.2 Å². The number of likely N-dealkylation sites (N-methyl/N-ethyl adjacent to an activating group) is 1. The molecule has 0 aromatic heterocycles. The summed E-state index contributed by atoms with van der Waals surface area (Å²) in [5, 5.41) is 2.99. The van der Waals surface area contributed by atoms with Gasteiger partial charge in [-0.05, 0) is 12.5 Å². The summed E-state index contributed by atoms with van der Waals surface area (Å²) < 4.78 is 19.2. The number of methoxy groups -OCH3 is 1. The highest BCUT2D eigenvalue weighted by Gasteiger charge is 2.40. The number of urea groups is 1. The number of halogens is 1. The number of hydrogen-bond acceptors (Lipinski definition) is 3. The molecule has 21 heavy (non-hydrogen) atoms. The van der Waals surface area contributed by atoms with E-state index in [9.17, 15) is 9.18 Å². The Balaban J connectivity index is 1.69. The van der Waals surface area contributed by atoms with Crippen LogP contribution < -0.4 is 10.1 Å². The minimum atomic E-state index is -0.297. The average Bonchev–Trinajstić information content (AvgIpc) is 2.76. The van der Waals surface area contributed by atoms with Crippen molar-refractivity contribution in [2.75, 3.05) is 27.2 Å². The Morgan fingerprint density at radius 2 is 2.29 bits per heavy atom. The van der Waals surface area contributed by atoms with Gasteiger partial charge >= 0.3 is 6.03 Å². The summed E-state index contributed by atoms with van der Waals surface area (Å²) in [6.07, 6.45) is 0.908. The van der Waals surface area contributed by atoms with Crippen molar-refractivity contribution in [3.05, 3.63) is 29.6 Å². The van der Waals surface area contributed by atoms with Gasteiger partial charge in [0.1, 0.15) is 0 Å². The van der Waals surface area contributed by atoms with Crippen LogP contribution >= 0.6 is 0 Å². The SMILES string of the molecule is COc1cccc(CN2CC[C@H]3[C@@H](C2)NC(=O)N3C)c1F. The molecule has 3 rings (SSSR count). The fourth-order valence-corrected chi connectivity index (χ4v) is 3.24. The van der Waals surface area contributed by atoms with Gasteiger partial charge in [0, 0.05) is 32.2 Å². The van der Waals surface area contributed by atoms with Crippen LogP contribution in [0.3, 0.4) is 0 Å². The quantitative estimate of drug-likeness (QED) is 0.917. The molecule has 0 saturated carbocycles. The minimum absolute atomic E-state index is 0.0144. The molecule has 0 spiro atoms. The second kappa shape index (κ2) is 5.52. The number of ether oxygens (including phenoxy) is 1. The van der Waals surface area contributed by atoms with Crippen molar-refractivity contribution < 1.29 is 13.9 Å². The monoisotopic (exact) mass is 293 g/mol. The van der Waals surface area contributed by atoms with Crippen LogP contribution in [0.25, 0.3) is 0 Å². The maximum Gasteiger partial charge on any atom is 0.317 e. The van der Waals surface area contributed by atoms with Gasteiger partial charge in [0.2, 0.25) is 0 Å². The van der Waals surface area contributed by atoms with Crippen molar-refractivity contribution in [1.82, 2.24) is 15.1 Å². The topological polar surface area (TPSA) is 44.8 Å². The number of nitrogens with zero attached hydrogens (tertiary/aromatic N) is 2. The third-order valence-electron chi connectivity index (χ3n) is 4.44. The molecule has 2 aliphatic rings. The largest absolute Gasteiger partial charge is 0.494 e. The van der Waals surface area contributed by atoms with Gasteiger partial charge in [-0.15, -0.1) is 0 Å². The maximum atomic E-state index is 14.2. The number of nitrogens with one attached hydrogen (secondary N) is 1. The van der Waals surface area contributed by atoms with Crippen LogP contribution in [0.4, 0.5) is 9.18 Å². The van der Waals surface area contributed by atoms with Crippen molar-refractivity contribution in [1.29, 1.82) is 0 Å². The zero-order chi connectivity index (χ0) is 15.0. The van der Waals surface area contributed by atoms with Gasteiger partial charge < -0.3 is 15.0 Å². The van der Waals surface area contributed by atoms with Crippen molar-refractivity contribution in [3.8, 4) is 5.75 Å². The zero-order valence-electron chi connectivity index (χ0n) is 12.3. The summed E-state index contributed by atoms with van der Waals surface area (Å²) in [6.45, 7) is 2.14. The van der Waals surface area contributed by atoms with E-state index in [4.69, 9.17) is 4.74 Å². The summed E-state index contributed by atoms with van der Waals surface area (Å²) in [5.41, 5.74) is 0.630. The summed E-state index contributed by atoms with van der Waals surface area (Å²) in [7, 11) is 3.30. The lowest BCUT2D eigenvalue weighted by molar-refractivity contribution is 0.146. The predicted molar refractivity (Wildman–Crippen MR) is 76.7 cm³/mol. The van der Waals surface area contributed by atoms with E-state index in [2.05, 4.69) is 10.2 Å². The highest BCUT2D eigenvalue weighted by Crippen LogP contribution is 2.25. The predicted octanol–water partition coefficient (Wildman–Crippen LogP) is 1.43. The third-order valence-corrected chi connectivity index (χ3v) is 4.44. The Kier molecular flexibility index (Phi) is 3.71. The summed E-state index contributed by atoms with van der Waals surface area (Å²) in [4.78, 5) is 15.6. The molecule has 0 radical (unpaired) electrons. The molecule has 1 aromatic carbocycles. The standard InChI is InChI=1S/C15H20FN3O2/c1-18-12-6-7-19(9-11(12)17-15(18)20)8-10-4-3-5-13(21-2)14(10)16/h3-5,11-12H,6-9H2,1-2H3,(H,17,20)/t11-,12+/m1/s1. The normalized spacial score (nSPS) is 25.7. The first-order chi connectivity index (χ1) is 10.1. The highest BCUT2D eigenvalue weighted by atomic mass is 19.1. The molecule has 1 aromatic rings. The molecule has 114 valence electrons. The van der Waals surface area contributed by atoms with Crippen molar-refractivity contribution in [3.63, 3.8) is 0 Å². The molecule has 1 N–H and O–H groups in total. The number of likely N-dealkylation sites (tertiary alicyclic amines) is 1. The first-order valence-corrected chi connectivity index (χ1v) is 7.17. The molecule has 6 heteroatoms. The third kappa shape index (κ3) is 2.55. The molecular weight excluding hydrogens is 273 g/mol. The van der Waals surface area contributed by atoms with Crippen molar-refractivity contribution >= 4 is 6.03 Å². The lowest BCUT2D eigenvalue weighted by atomic mass is 9.99. The van der Waals surface area contributed by atoms with E-state index in [1.165, 1.54) is 7.11 Å². The van der Waals surface area contributed by atoms with Crippen molar-refractivity contribution in [2.24, 2.45) is 0 Å². The number of hydrogen-bond donors (Lipinski definition) is 1. The molecule has 0 unspecified atom stereocenters. The number of rotatable bonds is 3. The van der Waals surface area contributed by atoms with Crippen LogP contribution in [0.2, 0.25) is 0 Å². The molecule has 2 atom stereocenters. The zero-order valence-corrected chi connectivity index (χ0v) is 12.3. The van der Waals surface area contributed by atoms with Gasteiger partial charge in [-0.3, -0.25) is 4.90 Å². The fourth-order valence-electron chi connectivity index (χ4n) is 3.24. The molecule has 2 fully saturated rings. The Morgan fingerprint density at radius 1 is 1.48 bits per heavy atom. The van der Waals surface area contributed by atoms with Crippen molar-refractivity contribution in [2.45, 2.75) is 25.0 Å². The second-order valence-electron chi connectivity index (χ2n) is 5.69. The molecular formula is C15H20FN3O2. The molecule has 0 aliphatic carbocycles. The fraction of sp³-hybridized carbons (Fsp3) is 0.533. The lowest BCUT2D eigenvalue weighted by Crippen LogP contribution is -2.50. The van der Waals surface area contributed by atoms with E-state index >= 15 is 0 Å². The average molecular weight is 293 g/mol. The number of amides is 2. The molecule has 5 nitrogen and oxygen atoms in total. The van der Waals surface area contributed by atoms with Crippen LogP contribution in [0.1, 0.15) is 12.0 Å². The van der Waals surface area contributed by atoms with Crippen LogP contribution in [0.5, 0.6) is 5.75 Å². The van der Waals surface area contributed by atoms with Crippen LogP contribution in [-0.2, 0) is 6.54 Å². The van der Waals surface area contributed by atoms with E-state index in [-0.39, 0.29) is 29.7 Å². The molecule has 0 bridgehead atoms. The first kappa shape index (κ1) is 14.1. The first-order valence-electron chi connectivity index (χ1n) is 7.17. The van der Waals surface area contributed by atoms with E-state index in [0.29, 0.717) is 12.1 Å². The molecule has 2 heterocycles. The van der Waals surface area contributed by atoms with Gasteiger partial charge in [-0.25, -0.2) is 9.18 Å². The minimum Gasteiger partial charge on any atom is -0.494 e. The Morgan fingerprint density at radius 3 is 3.05 bits per heavy atom.